The Morgan fingerprint density at radius 2 is 1.89 bits per heavy atom. The molecule has 0 saturated carbocycles. The van der Waals surface area contributed by atoms with E-state index in [1.807, 2.05) is 13.8 Å². The lowest BCUT2D eigenvalue weighted by molar-refractivity contribution is 0.251. The standard InChI is InChI=1S/C18H17Cl2N5O2S/c1-10-17(28-11(2)22-10)15-3-4-16(26)25(24-15)6-5-21-18(27)23-14-8-12(19)7-13(20)9-14/h3-4,7-9H,5-6H2,1-2H3,(H2,21,23,27). The van der Waals surface area contributed by atoms with E-state index >= 15 is 0 Å². The molecule has 28 heavy (non-hydrogen) atoms. The van der Waals surface area contributed by atoms with E-state index in [1.165, 1.54) is 22.1 Å². The number of urea groups is 1. The van der Waals surface area contributed by atoms with Gasteiger partial charge < -0.3 is 10.6 Å². The van der Waals surface area contributed by atoms with E-state index in [-0.39, 0.29) is 18.6 Å². The average Bonchev–Trinajstić information content (AvgIpc) is 2.94. The number of halogens is 2. The zero-order valence-corrected chi connectivity index (χ0v) is 17.5. The fourth-order valence-corrected chi connectivity index (χ4v) is 3.99. The van der Waals surface area contributed by atoms with Crippen molar-refractivity contribution < 1.29 is 4.79 Å². The molecule has 3 rings (SSSR count). The van der Waals surface area contributed by atoms with Crippen LogP contribution < -0.4 is 16.2 Å². The van der Waals surface area contributed by atoms with Crippen LogP contribution in [0.15, 0.2) is 35.1 Å². The van der Waals surface area contributed by atoms with Gasteiger partial charge in [0.2, 0.25) is 0 Å². The Hall–Kier alpha value is -2.42. The van der Waals surface area contributed by atoms with Crippen LogP contribution in [-0.2, 0) is 6.54 Å². The van der Waals surface area contributed by atoms with Crippen LogP contribution in [0.3, 0.4) is 0 Å². The number of rotatable bonds is 5. The molecule has 0 aliphatic carbocycles. The van der Waals surface area contributed by atoms with Gasteiger partial charge in [0.1, 0.15) is 5.69 Å². The lowest BCUT2D eigenvalue weighted by Gasteiger charge is -2.10. The van der Waals surface area contributed by atoms with Gasteiger partial charge in [0, 0.05) is 28.3 Å². The minimum absolute atomic E-state index is 0.219. The zero-order chi connectivity index (χ0) is 20.3. The fraction of sp³-hybridized carbons (Fsp3) is 0.222. The zero-order valence-electron chi connectivity index (χ0n) is 15.1. The van der Waals surface area contributed by atoms with Gasteiger partial charge >= 0.3 is 6.03 Å². The predicted molar refractivity (Wildman–Crippen MR) is 113 cm³/mol. The van der Waals surface area contributed by atoms with Crippen molar-refractivity contribution in [1.82, 2.24) is 20.1 Å². The third-order valence-electron chi connectivity index (χ3n) is 3.73. The second kappa shape index (κ2) is 8.72. The maximum Gasteiger partial charge on any atom is 0.319 e. The summed E-state index contributed by atoms with van der Waals surface area (Å²) in [6.07, 6.45) is 0. The third-order valence-corrected chi connectivity index (χ3v) is 5.26. The highest BCUT2D eigenvalue weighted by atomic mass is 35.5. The molecule has 1 aromatic carbocycles. The largest absolute Gasteiger partial charge is 0.336 e. The van der Waals surface area contributed by atoms with Crippen LogP contribution in [0.5, 0.6) is 0 Å². The molecule has 146 valence electrons. The Morgan fingerprint density at radius 1 is 1.18 bits per heavy atom. The van der Waals surface area contributed by atoms with Gasteiger partial charge in [-0.2, -0.15) is 5.10 Å². The average molecular weight is 438 g/mol. The molecule has 0 fully saturated rings. The molecule has 10 heteroatoms. The number of nitrogens with one attached hydrogen (secondary N) is 2. The van der Waals surface area contributed by atoms with Gasteiger partial charge in [-0.3, -0.25) is 4.79 Å². The molecule has 7 nitrogen and oxygen atoms in total. The molecule has 0 bridgehead atoms. The second-order valence-corrected chi connectivity index (χ2v) is 8.04. The summed E-state index contributed by atoms with van der Waals surface area (Å²) in [5.74, 6) is 0. The van der Waals surface area contributed by atoms with Crippen molar-refractivity contribution in [2.75, 3.05) is 11.9 Å². The number of nitrogens with zero attached hydrogens (tertiary/aromatic N) is 3. The molecule has 2 N–H and O–H groups in total. The number of hydrogen-bond acceptors (Lipinski definition) is 5. The van der Waals surface area contributed by atoms with Crippen LogP contribution in [0, 0.1) is 13.8 Å². The van der Waals surface area contributed by atoms with E-state index in [0.717, 1.165) is 15.6 Å². The van der Waals surface area contributed by atoms with Gasteiger partial charge in [-0.1, -0.05) is 23.2 Å². The summed E-state index contributed by atoms with van der Waals surface area (Å²) in [5, 5.41) is 11.5. The van der Waals surface area contributed by atoms with Crippen molar-refractivity contribution in [1.29, 1.82) is 0 Å². The summed E-state index contributed by atoms with van der Waals surface area (Å²) in [7, 11) is 0. The summed E-state index contributed by atoms with van der Waals surface area (Å²) in [5.41, 5.74) is 1.79. The van der Waals surface area contributed by atoms with Crippen molar-refractivity contribution >= 4 is 46.3 Å². The number of amides is 2. The third kappa shape index (κ3) is 5.09. The predicted octanol–water partition coefficient (Wildman–Crippen LogP) is 4.11. The first kappa shape index (κ1) is 20.3. The maximum absolute atomic E-state index is 12.1. The normalized spacial score (nSPS) is 10.7. The number of carbonyl (C=O) groups is 1. The van der Waals surface area contributed by atoms with Crippen molar-refractivity contribution in [3.8, 4) is 10.6 Å². The Balaban J connectivity index is 1.63. The number of thiazole rings is 1. The molecule has 0 radical (unpaired) electrons. The highest BCUT2D eigenvalue weighted by Gasteiger charge is 2.11. The monoisotopic (exact) mass is 437 g/mol. The van der Waals surface area contributed by atoms with E-state index in [4.69, 9.17) is 23.2 Å². The number of aryl methyl sites for hydroxylation is 2. The van der Waals surface area contributed by atoms with Gasteiger partial charge in [0.25, 0.3) is 5.56 Å². The number of anilines is 1. The van der Waals surface area contributed by atoms with E-state index in [2.05, 4.69) is 20.7 Å². The smallest absolute Gasteiger partial charge is 0.319 e. The van der Waals surface area contributed by atoms with Crippen LogP contribution in [0.4, 0.5) is 10.5 Å². The van der Waals surface area contributed by atoms with Crippen molar-refractivity contribution in [2.24, 2.45) is 0 Å². The molecular formula is C18H17Cl2N5O2S. The van der Waals surface area contributed by atoms with Gasteiger partial charge in [-0.15, -0.1) is 11.3 Å². The van der Waals surface area contributed by atoms with Crippen LogP contribution in [-0.4, -0.2) is 27.3 Å². The number of aromatic nitrogens is 3. The van der Waals surface area contributed by atoms with E-state index in [1.54, 1.807) is 24.3 Å². The van der Waals surface area contributed by atoms with Crippen molar-refractivity contribution in [3.05, 3.63) is 61.4 Å². The van der Waals surface area contributed by atoms with Gasteiger partial charge in [-0.05, 0) is 38.1 Å². The van der Waals surface area contributed by atoms with E-state index < -0.39 is 6.03 Å². The molecular weight excluding hydrogens is 421 g/mol. The van der Waals surface area contributed by atoms with Crippen molar-refractivity contribution in [2.45, 2.75) is 20.4 Å². The van der Waals surface area contributed by atoms with Crippen LogP contribution in [0.2, 0.25) is 10.0 Å². The molecule has 3 aromatic rings. The Bertz CT molecular complexity index is 1060. The minimum atomic E-state index is -0.434. The topological polar surface area (TPSA) is 88.9 Å². The quantitative estimate of drug-likeness (QED) is 0.628. The summed E-state index contributed by atoms with van der Waals surface area (Å²) in [4.78, 5) is 29.4. The maximum atomic E-state index is 12.1. The molecule has 0 aliphatic rings. The fourth-order valence-electron chi connectivity index (χ4n) is 2.58. The Labute approximate surface area is 175 Å². The van der Waals surface area contributed by atoms with Gasteiger partial charge in [0.05, 0.1) is 22.1 Å². The van der Waals surface area contributed by atoms with Crippen LogP contribution in [0.25, 0.3) is 10.6 Å². The number of benzene rings is 1. The lowest BCUT2D eigenvalue weighted by atomic mass is 10.3. The van der Waals surface area contributed by atoms with Crippen molar-refractivity contribution in [3.63, 3.8) is 0 Å². The summed E-state index contributed by atoms with van der Waals surface area (Å²) in [6, 6.07) is 7.46. The highest BCUT2D eigenvalue weighted by Crippen LogP contribution is 2.27. The molecule has 2 heterocycles. The Morgan fingerprint density at radius 3 is 2.54 bits per heavy atom. The first-order chi connectivity index (χ1) is 13.3. The second-order valence-electron chi connectivity index (χ2n) is 5.97. The first-order valence-corrected chi connectivity index (χ1v) is 9.92. The molecule has 2 amide bonds. The van der Waals surface area contributed by atoms with Gasteiger partial charge in [0.15, 0.2) is 0 Å². The van der Waals surface area contributed by atoms with Crippen LogP contribution >= 0.6 is 34.5 Å². The molecule has 0 spiro atoms. The Kier molecular flexibility index (Phi) is 6.33. The van der Waals surface area contributed by atoms with Gasteiger partial charge in [-0.25, -0.2) is 14.5 Å². The van der Waals surface area contributed by atoms with E-state index in [0.29, 0.717) is 21.4 Å². The highest BCUT2D eigenvalue weighted by molar-refractivity contribution is 7.15. The summed E-state index contributed by atoms with van der Waals surface area (Å²) < 4.78 is 1.32. The summed E-state index contributed by atoms with van der Waals surface area (Å²) in [6.45, 7) is 4.28. The number of hydrogen-bond donors (Lipinski definition) is 2. The molecule has 0 unspecified atom stereocenters. The first-order valence-electron chi connectivity index (χ1n) is 8.35. The SMILES string of the molecule is Cc1nc(C)c(-c2ccc(=O)n(CCNC(=O)Nc3cc(Cl)cc(Cl)c3)n2)s1. The molecule has 0 atom stereocenters. The minimum Gasteiger partial charge on any atom is -0.336 e. The molecule has 0 saturated heterocycles. The lowest BCUT2D eigenvalue weighted by Crippen LogP contribution is -2.34. The number of carbonyl (C=O) groups excluding carboxylic acids is 1. The van der Waals surface area contributed by atoms with E-state index in [9.17, 15) is 9.59 Å². The molecule has 0 aliphatic heterocycles. The molecule has 2 aromatic heterocycles. The summed E-state index contributed by atoms with van der Waals surface area (Å²) >= 11 is 13.3. The van der Waals surface area contributed by atoms with Crippen LogP contribution in [0.1, 0.15) is 10.7 Å².